The third-order valence-corrected chi connectivity index (χ3v) is 6.63. The number of nitro benzene ring substituents is 1. The number of ether oxygens (including phenoxy) is 1. The standard InChI is InChI=1S/C20H19N5O6S2/c1-11(26)22-15-6-7-31-19-5-2-12(8-14(15)19)17-10-32-20(24-17)23-16-4-3-13(33(21,29)30)9-18(16)25(27)28/h2-5,8-10,15H,6-7H2,1H3,(H,22,26)(H,23,24)(H2,21,29,30). The lowest BCUT2D eigenvalue weighted by atomic mass is 9.97. The van der Waals surface area contributed by atoms with Crippen LogP contribution in [0.3, 0.4) is 0 Å². The van der Waals surface area contributed by atoms with Crippen LogP contribution in [0.1, 0.15) is 24.9 Å². The molecule has 2 heterocycles. The number of nitrogens with zero attached hydrogens (tertiary/aromatic N) is 2. The Morgan fingerprint density at radius 2 is 2.09 bits per heavy atom. The van der Waals surface area contributed by atoms with Gasteiger partial charge in [0.2, 0.25) is 15.9 Å². The molecule has 11 nitrogen and oxygen atoms in total. The summed E-state index contributed by atoms with van der Waals surface area (Å²) in [4.78, 5) is 26.4. The van der Waals surface area contributed by atoms with Crippen LogP contribution in [0.4, 0.5) is 16.5 Å². The molecule has 1 unspecified atom stereocenters. The first-order chi connectivity index (χ1) is 15.6. The minimum Gasteiger partial charge on any atom is -0.493 e. The summed E-state index contributed by atoms with van der Waals surface area (Å²) in [5.41, 5.74) is 1.91. The van der Waals surface area contributed by atoms with Crippen molar-refractivity contribution in [2.45, 2.75) is 24.3 Å². The minimum absolute atomic E-state index is 0.0814. The van der Waals surface area contributed by atoms with Crippen molar-refractivity contribution in [3.63, 3.8) is 0 Å². The van der Waals surface area contributed by atoms with Gasteiger partial charge in [-0.05, 0) is 30.3 Å². The maximum absolute atomic E-state index is 11.5. The molecular formula is C20H19N5O6S2. The number of primary sulfonamides is 1. The number of sulfonamides is 1. The molecule has 1 aliphatic rings. The van der Waals surface area contributed by atoms with Crippen molar-refractivity contribution in [2.75, 3.05) is 11.9 Å². The Morgan fingerprint density at radius 1 is 1.30 bits per heavy atom. The summed E-state index contributed by atoms with van der Waals surface area (Å²) in [5, 5.41) is 24.5. The normalized spacial score (nSPS) is 15.3. The molecule has 4 N–H and O–H groups in total. The van der Waals surface area contributed by atoms with Crippen LogP contribution in [-0.4, -0.2) is 30.8 Å². The van der Waals surface area contributed by atoms with Crippen LogP contribution >= 0.6 is 11.3 Å². The van der Waals surface area contributed by atoms with Gasteiger partial charge in [-0.25, -0.2) is 18.5 Å². The van der Waals surface area contributed by atoms with Crippen LogP contribution in [0.25, 0.3) is 11.3 Å². The molecule has 1 aliphatic heterocycles. The van der Waals surface area contributed by atoms with Gasteiger partial charge < -0.3 is 15.4 Å². The third kappa shape index (κ3) is 4.94. The fourth-order valence-corrected chi connectivity index (χ4v) is 4.74. The van der Waals surface area contributed by atoms with E-state index in [2.05, 4.69) is 15.6 Å². The van der Waals surface area contributed by atoms with Gasteiger partial charge in [0.1, 0.15) is 11.4 Å². The molecule has 0 spiro atoms. The highest BCUT2D eigenvalue weighted by Gasteiger charge is 2.24. The number of anilines is 2. The highest BCUT2D eigenvalue weighted by molar-refractivity contribution is 7.89. The number of aromatic nitrogens is 1. The minimum atomic E-state index is -4.08. The zero-order chi connectivity index (χ0) is 23.8. The number of hydrogen-bond donors (Lipinski definition) is 3. The number of nitrogens with two attached hydrogens (primary N) is 1. The summed E-state index contributed by atoms with van der Waals surface area (Å²) in [6.45, 7) is 1.97. The summed E-state index contributed by atoms with van der Waals surface area (Å²) >= 11 is 1.23. The van der Waals surface area contributed by atoms with Gasteiger partial charge in [0, 0.05) is 35.9 Å². The largest absolute Gasteiger partial charge is 0.493 e. The van der Waals surface area contributed by atoms with Gasteiger partial charge >= 0.3 is 0 Å². The molecule has 0 saturated carbocycles. The third-order valence-electron chi connectivity index (χ3n) is 4.96. The van der Waals surface area contributed by atoms with E-state index in [0.29, 0.717) is 29.6 Å². The predicted octanol–water partition coefficient (Wildman–Crippen LogP) is 3.07. The van der Waals surface area contributed by atoms with Crippen LogP contribution in [-0.2, 0) is 14.8 Å². The number of fused-ring (bicyclic) bond motifs is 1. The summed E-state index contributed by atoms with van der Waals surface area (Å²) in [5.74, 6) is 0.566. The number of thiazole rings is 1. The van der Waals surface area contributed by atoms with E-state index in [-0.39, 0.29) is 22.5 Å². The van der Waals surface area contributed by atoms with E-state index in [1.54, 1.807) is 5.38 Å². The summed E-state index contributed by atoms with van der Waals surface area (Å²) in [6.07, 6.45) is 0.651. The van der Waals surface area contributed by atoms with E-state index in [4.69, 9.17) is 9.88 Å². The number of rotatable bonds is 6. The molecule has 13 heteroatoms. The van der Waals surface area contributed by atoms with Crippen LogP contribution in [0.5, 0.6) is 5.75 Å². The zero-order valence-electron chi connectivity index (χ0n) is 17.3. The van der Waals surface area contributed by atoms with Crippen molar-refractivity contribution in [3.05, 3.63) is 57.5 Å². The van der Waals surface area contributed by atoms with E-state index in [1.165, 1.54) is 30.4 Å². The summed E-state index contributed by atoms with van der Waals surface area (Å²) < 4.78 is 28.7. The van der Waals surface area contributed by atoms with Crippen molar-refractivity contribution in [1.82, 2.24) is 10.3 Å². The second-order valence-corrected chi connectivity index (χ2v) is 9.71. The fraction of sp³-hybridized carbons (Fsp3) is 0.200. The van der Waals surface area contributed by atoms with E-state index in [0.717, 1.165) is 17.2 Å². The lowest BCUT2D eigenvalue weighted by molar-refractivity contribution is -0.384. The van der Waals surface area contributed by atoms with Gasteiger partial charge in [-0.1, -0.05) is 0 Å². The first-order valence-corrected chi connectivity index (χ1v) is 12.1. The van der Waals surface area contributed by atoms with E-state index < -0.39 is 20.6 Å². The maximum atomic E-state index is 11.5. The molecule has 33 heavy (non-hydrogen) atoms. The topological polar surface area (TPSA) is 167 Å². The van der Waals surface area contributed by atoms with Crippen molar-refractivity contribution in [3.8, 4) is 17.0 Å². The summed E-state index contributed by atoms with van der Waals surface area (Å²) in [6, 6.07) is 8.76. The van der Waals surface area contributed by atoms with Gasteiger partial charge in [-0.2, -0.15) is 0 Å². The second kappa shape index (κ2) is 8.77. The van der Waals surface area contributed by atoms with Gasteiger partial charge in [-0.3, -0.25) is 14.9 Å². The molecule has 4 rings (SSSR count). The van der Waals surface area contributed by atoms with Crippen LogP contribution in [0, 0.1) is 10.1 Å². The lowest BCUT2D eigenvalue weighted by Crippen LogP contribution is -2.30. The molecule has 0 fully saturated rings. The molecule has 1 atom stereocenters. The Kier molecular flexibility index (Phi) is 6.01. The van der Waals surface area contributed by atoms with Gasteiger partial charge in [0.15, 0.2) is 5.13 Å². The highest BCUT2D eigenvalue weighted by Crippen LogP contribution is 2.37. The molecule has 0 radical (unpaired) electrons. The molecule has 1 amide bonds. The number of amides is 1. The van der Waals surface area contributed by atoms with Crippen molar-refractivity contribution >= 4 is 43.8 Å². The Hall–Kier alpha value is -3.55. The molecule has 1 aromatic heterocycles. The lowest BCUT2D eigenvalue weighted by Gasteiger charge is -2.26. The van der Waals surface area contributed by atoms with Gasteiger partial charge in [0.25, 0.3) is 5.69 Å². The first-order valence-electron chi connectivity index (χ1n) is 9.70. The number of nitrogens with one attached hydrogen (secondary N) is 2. The molecule has 3 aromatic rings. The molecular weight excluding hydrogens is 470 g/mol. The zero-order valence-corrected chi connectivity index (χ0v) is 18.9. The average molecular weight is 490 g/mol. The van der Waals surface area contributed by atoms with Crippen LogP contribution < -0.4 is 20.5 Å². The van der Waals surface area contributed by atoms with E-state index in [9.17, 15) is 23.3 Å². The highest BCUT2D eigenvalue weighted by atomic mass is 32.2. The monoisotopic (exact) mass is 489 g/mol. The second-order valence-electron chi connectivity index (χ2n) is 7.29. The average Bonchev–Trinajstić information content (AvgIpc) is 3.21. The Bertz CT molecular complexity index is 1350. The van der Waals surface area contributed by atoms with Crippen LogP contribution in [0.15, 0.2) is 46.7 Å². The predicted molar refractivity (Wildman–Crippen MR) is 122 cm³/mol. The molecule has 2 aromatic carbocycles. The van der Waals surface area contributed by atoms with E-state index >= 15 is 0 Å². The number of carbonyl (C=O) groups excluding carboxylic acids is 1. The van der Waals surface area contributed by atoms with Crippen LogP contribution in [0.2, 0.25) is 0 Å². The Balaban J connectivity index is 1.62. The van der Waals surface area contributed by atoms with Crippen molar-refractivity contribution in [2.24, 2.45) is 5.14 Å². The number of hydrogen-bond acceptors (Lipinski definition) is 9. The first kappa shape index (κ1) is 22.6. The van der Waals surface area contributed by atoms with E-state index in [1.807, 2.05) is 18.2 Å². The van der Waals surface area contributed by atoms with Crippen molar-refractivity contribution in [1.29, 1.82) is 0 Å². The molecule has 0 aliphatic carbocycles. The SMILES string of the molecule is CC(=O)NC1CCOc2ccc(-c3csc(Nc4ccc(S(N)(=O)=O)cc4[N+](=O)[O-])n3)cc21. The van der Waals surface area contributed by atoms with Gasteiger partial charge in [-0.15, -0.1) is 11.3 Å². The molecule has 0 saturated heterocycles. The Morgan fingerprint density at radius 3 is 2.79 bits per heavy atom. The van der Waals surface area contributed by atoms with Gasteiger partial charge in [0.05, 0.1) is 28.2 Å². The molecule has 172 valence electrons. The quantitative estimate of drug-likeness (QED) is 0.351. The Labute approximate surface area is 192 Å². The number of nitro groups is 1. The van der Waals surface area contributed by atoms with Crippen molar-refractivity contribution < 1.29 is 22.9 Å². The number of benzene rings is 2. The molecule has 0 bridgehead atoms. The summed E-state index contributed by atoms with van der Waals surface area (Å²) in [7, 11) is -4.08. The maximum Gasteiger partial charge on any atom is 0.294 e. The smallest absolute Gasteiger partial charge is 0.294 e. The fourth-order valence-electron chi connectivity index (χ4n) is 3.47. The number of carbonyl (C=O) groups is 1.